The Labute approximate surface area is 140 Å². The summed E-state index contributed by atoms with van der Waals surface area (Å²) in [5.74, 6) is -0.0180. The number of amides is 1. The lowest BCUT2D eigenvalue weighted by molar-refractivity contribution is -0.121. The van der Waals surface area contributed by atoms with E-state index in [0.29, 0.717) is 6.42 Å². The van der Waals surface area contributed by atoms with Crippen molar-refractivity contribution in [3.05, 3.63) is 35.4 Å². The van der Waals surface area contributed by atoms with Gasteiger partial charge in [-0.3, -0.25) is 4.79 Å². The molecule has 0 fully saturated rings. The maximum Gasteiger partial charge on any atom is 0.220 e. The van der Waals surface area contributed by atoms with Crippen molar-refractivity contribution in [2.24, 2.45) is 0 Å². The number of nitrogens with one attached hydrogen (secondary N) is 2. The maximum atomic E-state index is 11.6. The zero-order valence-corrected chi connectivity index (χ0v) is 14.8. The Morgan fingerprint density at radius 1 is 1.23 bits per heavy atom. The van der Waals surface area contributed by atoms with Crippen LogP contribution in [-0.2, 0) is 10.2 Å². The second-order valence-corrected chi connectivity index (χ2v) is 6.40. The van der Waals surface area contributed by atoms with Crippen LogP contribution >= 0.6 is 12.4 Å². The molecule has 1 atom stereocenters. The van der Waals surface area contributed by atoms with Crippen LogP contribution in [0.25, 0.3) is 0 Å². The quantitative estimate of drug-likeness (QED) is 0.674. The number of aliphatic hydroxyl groups is 1. The van der Waals surface area contributed by atoms with E-state index < -0.39 is 6.10 Å². The Kier molecular flexibility index (Phi) is 9.33. The van der Waals surface area contributed by atoms with Crippen LogP contribution in [0, 0.1) is 0 Å². The molecule has 3 N–H and O–H groups in total. The molecule has 0 aliphatic rings. The Hall–Kier alpha value is -1.10. The highest BCUT2D eigenvalue weighted by molar-refractivity contribution is 5.85. The molecular formula is C17H29ClN2O2. The highest BCUT2D eigenvalue weighted by Crippen LogP contribution is 2.23. The van der Waals surface area contributed by atoms with Gasteiger partial charge in [0.25, 0.3) is 0 Å². The molecule has 0 aliphatic heterocycles. The standard InChI is InChI=1S/C17H28N2O2.ClH/c1-17(2,3)14-9-7-13(8-10-14)15(20)12-19-16(21)6-5-11-18-4;/h7-10,15,18,20H,5-6,11-12H2,1-4H3,(H,19,21);1H. The first-order chi connectivity index (χ1) is 9.84. The third kappa shape index (κ3) is 7.25. The summed E-state index contributed by atoms with van der Waals surface area (Å²) in [4.78, 5) is 11.6. The second-order valence-electron chi connectivity index (χ2n) is 6.40. The van der Waals surface area contributed by atoms with Gasteiger partial charge in [0.1, 0.15) is 0 Å². The topological polar surface area (TPSA) is 61.4 Å². The van der Waals surface area contributed by atoms with Gasteiger partial charge in [0.2, 0.25) is 5.91 Å². The van der Waals surface area contributed by atoms with Gasteiger partial charge in [-0.25, -0.2) is 0 Å². The van der Waals surface area contributed by atoms with Crippen molar-refractivity contribution in [3.8, 4) is 0 Å². The van der Waals surface area contributed by atoms with Crippen LogP contribution in [-0.4, -0.2) is 31.2 Å². The largest absolute Gasteiger partial charge is 0.387 e. The van der Waals surface area contributed by atoms with Crippen LogP contribution in [0.5, 0.6) is 0 Å². The molecule has 5 heteroatoms. The summed E-state index contributed by atoms with van der Waals surface area (Å²) in [5, 5.41) is 15.9. The second kappa shape index (κ2) is 9.82. The molecular weight excluding hydrogens is 300 g/mol. The average Bonchev–Trinajstić information content (AvgIpc) is 2.44. The summed E-state index contributed by atoms with van der Waals surface area (Å²) in [6.07, 6.45) is 0.627. The number of benzene rings is 1. The zero-order chi connectivity index (χ0) is 15.9. The molecule has 22 heavy (non-hydrogen) atoms. The van der Waals surface area contributed by atoms with Gasteiger partial charge in [0.15, 0.2) is 0 Å². The number of halogens is 1. The summed E-state index contributed by atoms with van der Waals surface area (Å²) in [6, 6.07) is 7.93. The fourth-order valence-corrected chi connectivity index (χ4v) is 2.05. The van der Waals surface area contributed by atoms with Crippen LogP contribution in [0.15, 0.2) is 24.3 Å². The SMILES string of the molecule is CNCCCC(=O)NCC(O)c1ccc(C(C)(C)C)cc1.Cl. The van der Waals surface area contributed by atoms with Gasteiger partial charge in [-0.2, -0.15) is 0 Å². The smallest absolute Gasteiger partial charge is 0.220 e. The summed E-state index contributed by atoms with van der Waals surface area (Å²) in [5.41, 5.74) is 2.17. The molecule has 4 nitrogen and oxygen atoms in total. The minimum atomic E-state index is -0.660. The highest BCUT2D eigenvalue weighted by atomic mass is 35.5. The summed E-state index contributed by atoms with van der Waals surface area (Å²) < 4.78 is 0. The molecule has 0 bridgehead atoms. The van der Waals surface area contributed by atoms with Crippen LogP contribution < -0.4 is 10.6 Å². The molecule has 0 heterocycles. The van der Waals surface area contributed by atoms with E-state index in [1.165, 1.54) is 5.56 Å². The van der Waals surface area contributed by atoms with E-state index in [1.807, 2.05) is 31.3 Å². The molecule has 1 aromatic carbocycles. The Morgan fingerprint density at radius 2 is 1.82 bits per heavy atom. The van der Waals surface area contributed by atoms with Crippen molar-refractivity contribution in [1.29, 1.82) is 0 Å². The number of carbonyl (C=O) groups is 1. The Morgan fingerprint density at radius 3 is 2.32 bits per heavy atom. The van der Waals surface area contributed by atoms with Gasteiger partial charge in [0.05, 0.1) is 6.10 Å². The zero-order valence-electron chi connectivity index (χ0n) is 14.0. The lowest BCUT2D eigenvalue weighted by atomic mass is 9.86. The molecule has 0 saturated carbocycles. The molecule has 0 aromatic heterocycles. The molecule has 0 aliphatic carbocycles. The van der Waals surface area contributed by atoms with E-state index in [1.54, 1.807) is 0 Å². The summed E-state index contributed by atoms with van der Waals surface area (Å²) in [7, 11) is 1.86. The highest BCUT2D eigenvalue weighted by Gasteiger charge is 2.15. The molecule has 1 amide bonds. The van der Waals surface area contributed by atoms with Crippen molar-refractivity contribution in [2.75, 3.05) is 20.1 Å². The van der Waals surface area contributed by atoms with Crippen molar-refractivity contribution >= 4 is 18.3 Å². The molecule has 1 rings (SSSR count). The lowest BCUT2D eigenvalue weighted by Crippen LogP contribution is -2.28. The number of hydrogen-bond acceptors (Lipinski definition) is 3. The van der Waals surface area contributed by atoms with E-state index >= 15 is 0 Å². The minimum Gasteiger partial charge on any atom is -0.387 e. The molecule has 126 valence electrons. The molecule has 0 radical (unpaired) electrons. The Bertz CT molecular complexity index is 441. The monoisotopic (exact) mass is 328 g/mol. The summed E-state index contributed by atoms with van der Waals surface area (Å²) >= 11 is 0. The summed E-state index contributed by atoms with van der Waals surface area (Å²) in [6.45, 7) is 7.55. The predicted molar refractivity (Wildman–Crippen MR) is 93.5 cm³/mol. The molecule has 1 unspecified atom stereocenters. The van der Waals surface area contributed by atoms with Crippen molar-refractivity contribution in [2.45, 2.75) is 45.1 Å². The number of rotatable bonds is 7. The maximum absolute atomic E-state index is 11.6. The third-order valence-electron chi connectivity index (χ3n) is 3.48. The van der Waals surface area contributed by atoms with Crippen molar-refractivity contribution in [3.63, 3.8) is 0 Å². The number of aliphatic hydroxyl groups excluding tert-OH is 1. The van der Waals surface area contributed by atoms with Gasteiger partial charge in [0, 0.05) is 13.0 Å². The van der Waals surface area contributed by atoms with Crippen molar-refractivity contribution < 1.29 is 9.90 Å². The van der Waals surface area contributed by atoms with E-state index in [-0.39, 0.29) is 30.3 Å². The van der Waals surface area contributed by atoms with E-state index in [2.05, 4.69) is 31.4 Å². The fourth-order valence-electron chi connectivity index (χ4n) is 2.05. The van der Waals surface area contributed by atoms with Gasteiger partial charge >= 0.3 is 0 Å². The fraction of sp³-hybridized carbons (Fsp3) is 0.588. The van der Waals surface area contributed by atoms with Crippen LogP contribution in [0.4, 0.5) is 0 Å². The first-order valence-corrected chi connectivity index (χ1v) is 7.54. The number of carbonyl (C=O) groups excluding carboxylic acids is 1. The first kappa shape index (κ1) is 20.9. The third-order valence-corrected chi connectivity index (χ3v) is 3.48. The van der Waals surface area contributed by atoms with Crippen LogP contribution in [0.3, 0.4) is 0 Å². The molecule has 0 spiro atoms. The van der Waals surface area contributed by atoms with Crippen molar-refractivity contribution in [1.82, 2.24) is 10.6 Å². The van der Waals surface area contributed by atoms with E-state index in [0.717, 1.165) is 18.5 Å². The molecule has 0 saturated heterocycles. The van der Waals surface area contributed by atoms with E-state index in [4.69, 9.17) is 0 Å². The lowest BCUT2D eigenvalue weighted by Gasteiger charge is -2.20. The van der Waals surface area contributed by atoms with E-state index in [9.17, 15) is 9.90 Å². The van der Waals surface area contributed by atoms with Gasteiger partial charge in [-0.15, -0.1) is 12.4 Å². The minimum absolute atomic E-state index is 0. The Balaban J connectivity index is 0.00000441. The number of hydrogen-bond donors (Lipinski definition) is 3. The van der Waals surface area contributed by atoms with Gasteiger partial charge in [-0.1, -0.05) is 45.0 Å². The van der Waals surface area contributed by atoms with Gasteiger partial charge < -0.3 is 15.7 Å². The normalized spacial score (nSPS) is 12.4. The van der Waals surface area contributed by atoms with Gasteiger partial charge in [-0.05, 0) is 36.6 Å². The predicted octanol–water partition coefficient (Wildman–Crippen LogP) is 2.56. The van der Waals surface area contributed by atoms with Crippen LogP contribution in [0.1, 0.15) is 50.8 Å². The first-order valence-electron chi connectivity index (χ1n) is 7.54. The van der Waals surface area contributed by atoms with Crippen LogP contribution in [0.2, 0.25) is 0 Å². The average molecular weight is 329 g/mol. The molecule has 1 aromatic rings.